The minimum Gasteiger partial charge on any atom is -0.496 e. The van der Waals surface area contributed by atoms with Crippen molar-refractivity contribution >= 4 is 11.6 Å². The number of para-hydroxylation sites is 1. The van der Waals surface area contributed by atoms with E-state index in [0.717, 1.165) is 30.1 Å². The highest BCUT2D eigenvalue weighted by Crippen LogP contribution is 2.17. The Hall–Kier alpha value is -2.30. The van der Waals surface area contributed by atoms with Gasteiger partial charge in [-0.15, -0.1) is 0 Å². The van der Waals surface area contributed by atoms with Gasteiger partial charge in [-0.3, -0.25) is 0 Å². The molecule has 1 heterocycles. The summed E-state index contributed by atoms with van der Waals surface area (Å²) in [5.74, 6) is 2.80. The van der Waals surface area contributed by atoms with Crippen LogP contribution in [0.5, 0.6) is 5.75 Å². The highest BCUT2D eigenvalue weighted by atomic mass is 16.5. The number of rotatable bonds is 5. The third-order valence-electron chi connectivity index (χ3n) is 2.75. The molecule has 0 unspecified atom stereocenters. The van der Waals surface area contributed by atoms with Crippen molar-refractivity contribution in [3.8, 4) is 5.75 Å². The molecule has 0 aliphatic heterocycles. The van der Waals surface area contributed by atoms with E-state index in [-0.39, 0.29) is 0 Å². The minimum absolute atomic E-state index is 0.479. The summed E-state index contributed by atoms with van der Waals surface area (Å²) in [7, 11) is 1.68. The molecule has 1 aromatic carbocycles. The number of nitrogens with two attached hydrogens (primary N) is 1. The second-order valence-electron chi connectivity index (χ2n) is 4.21. The highest BCUT2D eigenvalue weighted by molar-refractivity contribution is 5.44. The van der Waals surface area contributed by atoms with E-state index >= 15 is 0 Å². The Morgan fingerprint density at radius 2 is 2.05 bits per heavy atom. The fourth-order valence-electron chi connectivity index (χ4n) is 1.92. The molecule has 2 aromatic rings. The number of nitrogens with one attached hydrogen (secondary N) is 1. The van der Waals surface area contributed by atoms with Crippen molar-refractivity contribution in [1.82, 2.24) is 9.97 Å². The second-order valence-corrected chi connectivity index (χ2v) is 4.21. The number of methoxy groups -OCH3 is 1. The number of benzene rings is 1. The molecule has 0 fully saturated rings. The Labute approximate surface area is 112 Å². The van der Waals surface area contributed by atoms with Crippen LogP contribution in [0, 0.1) is 6.92 Å². The minimum atomic E-state index is 0.479. The predicted octanol–water partition coefficient (Wildman–Crippen LogP) is 2.03. The first-order valence-corrected chi connectivity index (χ1v) is 6.16. The fourth-order valence-corrected chi connectivity index (χ4v) is 1.92. The lowest BCUT2D eigenvalue weighted by Crippen LogP contribution is -2.09. The van der Waals surface area contributed by atoms with Crippen LogP contribution in [0.25, 0.3) is 0 Å². The molecule has 3 N–H and O–H groups in total. The molecular formula is C14H18N4O. The smallest absolute Gasteiger partial charge is 0.131 e. The zero-order valence-electron chi connectivity index (χ0n) is 11.2. The Bertz CT molecular complexity index is 537. The van der Waals surface area contributed by atoms with Crippen molar-refractivity contribution in [2.24, 2.45) is 0 Å². The van der Waals surface area contributed by atoms with Crippen LogP contribution >= 0.6 is 0 Å². The quantitative estimate of drug-likeness (QED) is 0.858. The lowest BCUT2D eigenvalue weighted by Gasteiger charge is -2.10. The van der Waals surface area contributed by atoms with E-state index in [1.165, 1.54) is 0 Å². The maximum absolute atomic E-state index is 5.68. The maximum atomic E-state index is 5.68. The van der Waals surface area contributed by atoms with Gasteiger partial charge >= 0.3 is 0 Å². The molecule has 0 spiro atoms. The number of nitrogens with zero attached hydrogens (tertiary/aromatic N) is 2. The number of nitrogen functional groups attached to an aromatic ring is 1. The van der Waals surface area contributed by atoms with E-state index in [2.05, 4.69) is 21.4 Å². The third kappa shape index (κ3) is 3.58. The van der Waals surface area contributed by atoms with Crippen LogP contribution in [0.2, 0.25) is 0 Å². The van der Waals surface area contributed by atoms with E-state index in [4.69, 9.17) is 10.5 Å². The molecule has 0 saturated carbocycles. The average molecular weight is 258 g/mol. The standard InChI is InChI=1S/C14H18N4O/c1-10-17-13(15)9-14(18-10)16-8-7-11-5-3-4-6-12(11)19-2/h3-6,9H,7-8H2,1-2H3,(H3,15,16,17,18). The predicted molar refractivity (Wildman–Crippen MR) is 76.4 cm³/mol. The van der Waals surface area contributed by atoms with Crippen LogP contribution in [-0.2, 0) is 6.42 Å². The van der Waals surface area contributed by atoms with Gasteiger partial charge in [-0.25, -0.2) is 9.97 Å². The summed E-state index contributed by atoms with van der Waals surface area (Å²) in [5, 5.41) is 3.24. The molecule has 100 valence electrons. The number of anilines is 2. The molecule has 0 bridgehead atoms. The molecule has 0 saturated heterocycles. The van der Waals surface area contributed by atoms with E-state index in [0.29, 0.717) is 11.6 Å². The Kier molecular flexibility index (Phi) is 4.18. The van der Waals surface area contributed by atoms with Gasteiger partial charge < -0.3 is 15.8 Å². The second kappa shape index (κ2) is 6.04. The molecular weight excluding hydrogens is 240 g/mol. The van der Waals surface area contributed by atoms with Crippen LogP contribution in [0.15, 0.2) is 30.3 Å². The van der Waals surface area contributed by atoms with Gasteiger partial charge in [0, 0.05) is 12.6 Å². The van der Waals surface area contributed by atoms with Gasteiger partial charge in [0.25, 0.3) is 0 Å². The lowest BCUT2D eigenvalue weighted by molar-refractivity contribution is 0.410. The largest absolute Gasteiger partial charge is 0.496 e. The van der Waals surface area contributed by atoms with Crippen molar-refractivity contribution in [1.29, 1.82) is 0 Å². The molecule has 0 radical (unpaired) electrons. The Morgan fingerprint density at radius 1 is 1.26 bits per heavy atom. The zero-order chi connectivity index (χ0) is 13.7. The summed E-state index contributed by atoms with van der Waals surface area (Å²) in [5.41, 5.74) is 6.84. The molecule has 5 nitrogen and oxygen atoms in total. The first-order valence-electron chi connectivity index (χ1n) is 6.16. The summed E-state index contributed by atoms with van der Waals surface area (Å²) in [6.45, 7) is 2.58. The Morgan fingerprint density at radius 3 is 2.79 bits per heavy atom. The SMILES string of the molecule is COc1ccccc1CCNc1cc(N)nc(C)n1. The van der Waals surface area contributed by atoms with Crippen molar-refractivity contribution in [3.63, 3.8) is 0 Å². The van der Waals surface area contributed by atoms with Crippen molar-refractivity contribution in [2.75, 3.05) is 24.7 Å². The maximum Gasteiger partial charge on any atom is 0.131 e. The van der Waals surface area contributed by atoms with Crippen molar-refractivity contribution in [2.45, 2.75) is 13.3 Å². The van der Waals surface area contributed by atoms with Gasteiger partial charge in [0.1, 0.15) is 23.2 Å². The molecule has 2 rings (SSSR count). The van der Waals surface area contributed by atoms with Gasteiger partial charge in [0.05, 0.1) is 7.11 Å². The zero-order valence-corrected chi connectivity index (χ0v) is 11.2. The van der Waals surface area contributed by atoms with Gasteiger partial charge in [0.2, 0.25) is 0 Å². The number of hydrogen-bond donors (Lipinski definition) is 2. The van der Waals surface area contributed by atoms with Crippen LogP contribution in [-0.4, -0.2) is 23.6 Å². The molecule has 0 atom stereocenters. The summed E-state index contributed by atoms with van der Waals surface area (Å²) >= 11 is 0. The van der Waals surface area contributed by atoms with Gasteiger partial charge in [-0.05, 0) is 25.0 Å². The fraction of sp³-hybridized carbons (Fsp3) is 0.286. The number of ether oxygens (including phenoxy) is 1. The normalized spacial score (nSPS) is 10.2. The van der Waals surface area contributed by atoms with Crippen molar-refractivity contribution in [3.05, 3.63) is 41.7 Å². The van der Waals surface area contributed by atoms with Crippen LogP contribution in [0.3, 0.4) is 0 Å². The topological polar surface area (TPSA) is 73.1 Å². The molecule has 0 aliphatic rings. The van der Waals surface area contributed by atoms with Gasteiger partial charge in [-0.2, -0.15) is 0 Å². The molecule has 19 heavy (non-hydrogen) atoms. The summed E-state index contributed by atoms with van der Waals surface area (Å²) in [4.78, 5) is 8.31. The molecule has 5 heteroatoms. The van der Waals surface area contributed by atoms with Gasteiger partial charge in [-0.1, -0.05) is 18.2 Å². The van der Waals surface area contributed by atoms with Crippen LogP contribution < -0.4 is 15.8 Å². The average Bonchev–Trinajstić information content (AvgIpc) is 2.38. The summed E-state index contributed by atoms with van der Waals surface area (Å²) in [6, 6.07) is 9.71. The van der Waals surface area contributed by atoms with Gasteiger partial charge in [0.15, 0.2) is 0 Å². The lowest BCUT2D eigenvalue weighted by atomic mass is 10.1. The molecule has 0 aliphatic carbocycles. The third-order valence-corrected chi connectivity index (χ3v) is 2.75. The number of aromatic nitrogens is 2. The summed E-state index contributed by atoms with van der Waals surface area (Å²) < 4.78 is 5.31. The Balaban J connectivity index is 1.96. The van der Waals surface area contributed by atoms with E-state index < -0.39 is 0 Å². The van der Waals surface area contributed by atoms with Crippen molar-refractivity contribution < 1.29 is 4.74 Å². The van der Waals surface area contributed by atoms with E-state index in [1.54, 1.807) is 13.2 Å². The summed E-state index contributed by atoms with van der Waals surface area (Å²) in [6.07, 6.45) is 0.854. The number of aryl methyl sites for hydroxylation is 1. The molecule has 0 amide bonds. The van der Waals surface area contributed by atoms with E-state index in [9.17, 15) is 0 Å². The van der Waals surface area contributed by atoms with Crippen LogP contribution in [0.4, 0.5) is 11.6 Å². The highest BCUT2D eigenvalue weighted by Gasteiger charge is 2.02. The van der Waals surface area contributed by atoms with Crippen LogP contribution in [0.1, 0.15) is 11.4 Å². The first-order chi connectivity index (χ1) is 9.19. The first kappa shape index (κ1) is 13.1. The molecule has 1 aromatic heterocycles. The van der Waals surface area contributed by atoms with E-state index in [1.807, 2.05) is 25.1 Å². The monoisotopic (exact) mass is 258 g/mol. The number of hydrogen-bond acceptors (Lipinski definition) is 5.